The second-order valence-electron chi connectivity index (χ2n) is 5.91. The molecule has 8 heteroatoms. The van der Waals surface area contributed by atoms with Gasteiger partial charge in [0, 0.05) is 37.8 Å². The van der Waals surface area contributed by atoms with Crippen LogP contribution in [0.3, 0.4) is 0 Å². The molecule has 23 heavy (non-hydrogen) atoms. The summed E-state index contributed by atoms with van der Waals surface area (Å²) < 4.78 is 68.6. The first-order valence-corrected chi connectivity index (χ1v) is 7.48. The molecule has 0 bridgehead atoms. The van der Waals surface area contributed by atoms with Gasteiger partial charge < -0.3 is 5.32 Å². The number of halogens is 6. The molecule has 0 unspecified atom stereocenters. The summed E-state index contributed by atoms with van der Waals surface area (Å²) in [5.74, 6) is -9.24. The molecule has 130 valence electrons. The molecule has 3 rings (SSSR count). The van der Waals surface area contributed by atoms with Crippen LogP contribution in [0, 0.1) is 35.0 Å². The summed E-state index contributed by atoms with van der Waals surface area (Å²) in [5, 5.41) is 3.12. The SMILES string of the molecule is Cl.Fc1c(F)c(F)c([C@H](C2CCC2)N2CCNCC2)c(F)c1F. The van der Waals surface area contributed by atoms with E-state index in [1.54, 1.807) is 0 Å². The molecule has 1 aromatic rings. The van der Waals surface area contributed by atoms with E-state index in [0.29, 0.717) is 26.2 Å². The maximum absolute atomic E-state index is 14.2. The van der Waals surface area contributed by atoms with Gasteiger partial charge in [0.15, 0.2) is 23.3 Å². The molecule has 2 aliphatic rings. The Morgan fingerprint density at radius 2 is 1.30 bits per heavy atom. The summed E-state index contributed by atoms with van der Waals surface area (Å²) in [7, 11) is 0. The second kappa shape index (κ2) is 7.32. The van der Waals surface area contributed by atoms with E-state index in [9.17, 15) is 22.0 Å². The molecule has 1 saturated heterocycles. The zero-order valence-corrected chi connectivity index (χ0v) is 13.2. The summed E-state index contributed by atoms with van der Waals surface area (Å²) in [5.41, 5.74) is -0.664. The monoisotopic (exact) mass is 356 g/mol. The molecular formula is C15H18ClF5N2. The molecule has 1 heterocycles. The van der Waals surface area contributed by atoms with Crippen molar-refractivity contribution in [3.05, 3.63) is 34.6 Å². The van der Waals surface area contributed by atoms with Gasteiger partial charge in [-0.1, -0.05) is 6.42 Å². The summed E-state index contributed by atoms with van der Waals surface area (Å²) in [6.07, 6.45) is 2.41. The van der Waals surface area contributed by atoms with Crippen LogP contribution in [0.25, 0.3) is 0 Å². The minimum atomic E-state index is -2.09. The maximum Gasteiger partial charge on any atom is 0.200 e. The fourth-order valence-corrected chi connectivity index (χ4v) is 3.31. The van der Waals surface area contributed by atoms with E-state index in [0.717, 1.165) is 19.3 Å². The Labute approximate surface area is 137 Å². The predicted molar refractivity (Wildman–Crippen MR) is 78.0 cm³/mol. The Balaban J connectivity index is 0.00000192. The Kier molecular flexibility index (Phi) is 5.86. The highest BCUT2D eigenvalue weighted by Crippen LogP contribution is 2.44. The van der Waals surface area contributed by atoms with Crippen LogP contribution in [0.5, 0.6) is 0 Å². The van der Waals surface area contributed by atoms with Gasteiger partial charge in [0.2, 0.25) is 5.82 Å². The van der Waals surface area contributed by atoms with Crippen LogP contribution < -0.4 is 5.32 Å². The Morgan fingerprint density at radius 1 is 0.826 bits per heavy atom. The van der Waals surface area contributed by atoms with Crippen molar-refractivity contribution in [1.82, 2.24) is 10.2 Å². The van der Waals surface area contributed by atoms with Gasteiger partial charge >= 0.3 is 0 Å². The van der Waals surface area contributed by atoms with Crippen molar-refractivity contribution < 1.29 is 22.0 Å². The maximum atomic E-state index is 14.2. The Morgan fingerprint density at radius 3 is 1.74 bits per heavy atom. The van der Waals surface area contributed by atoms with E-state index in [-0.39, 0.29) is 18.3 Å². The zero-order valence-electron chi connectivity index (χ0n) is 12.3. The van der Waals surface area contributed by atoms with Gasteiger partial charge in [0.1, 0.15) is 0 Å². The number of piperazine rings is 1. The molecule has 0 spiro atoms. The smallest absolute Gasteiger partial charge is 0.200 e. The van der Waals surface area contributed by atoms with E-state index in [1.807, 2.05) is 4.90 Å². The van der Waals surface area contributed by atoms with Gasteiger partial charge in [0.05, 0.1) is 0 Å². The van der Waals surface area contributed by atoms with Crippen molar-refractivity contribution in [3.63, 3.8) is 0 Å². The number of rotatable bonds is 3. The molecule has 1 saturated carbocycles. The highest BCUT2D eigenvalue weighted by Gasteiger charge is 2.39. The average molecular weight is 357 g/mol. The normalized spacial score (nSPS) is 20.7. The van der Waals surface area contributed by atoms with Crippen molar-refractivity contribution in [2.45, 2.75) is 25.3 Å². The molecule has 1 aliphatic heterocycles. The summed E-state index contributed by atoms with van der Waals surface area (Å²) in [6.45, 7) is 2.33. The molecule has 1 atom stereocenters. The van der Waals surface area contributed by atoms with Crippen molar-refractivity contribution in [2.24, 2.45) is 5.92 Å². The first-order chi connectivity index (χ1) is 10.5. The molecule has 0 aromatic heterocycles. The number of hydrogen-bond acceptors (Lipinski definition) is 2. The topological polar surface area (TPSA) is 15.3 Å². The van der Waals surface area contributed by atoms with Gasteiger partial charge in [-0.3, -0.25) is 4.90 Å². The summed E-state index contributed by atoms with van der Waals surface area (Å²) in [6, 6.07) is -0.750. The van der Waals surface area contributed by atoms with Crippen LogP contribution in [0.4, 0.5) is 22.0 Å². The largest absolute Gasteiger partial charge is 0.314 e. The first-order valence-electron chi connectivity index (χ1n) is 7.48. The van der Waals surface area contributed by atoms with Crippen LogP contribution >= 0.6 is 12.4 Å². The standard InChI is InChI=1S/C15H17F5N2.ClH/c16-10-9(11(17)13(19)14(20)12(10)18)15(8-2-1-3-8)22-6-4-21-5-7-22;/h8,15,21H,1-7H2;1H/t15-;/m0./s1. The highest BCUT2D eigenvalue weighted by atomic mass is 35.5. The van der Waals surface area contributed by atoms with E-state index >= 15 is 0 Å². The highest BCUT2D eigenvalue weighted by molar-refractivity contribution is 5.85. The van der Waals surface area contributed by atoms with Crippen LogP contribution in [-0.4, -0.2) is 31.1 Å². The van der Waals surface area contributed by atoms with Crippen molar-refractivity contribution in [2.75, 3.05) is 26.2 Å². The van der Waals surface area contributed by atoms with Gasteiger partial charge in [-0.05, 0) is 18.8 Å². The lowest BCUT2D eigenvalue weighted by Crippen LogP contribution is -2.48. The van der Waals surface area contributed by atoms with Gasteiger partial charge in [-0.2, -0.15) is 0 Å². The van der Waals surface area contributed by atoms with Crippen molar-refractivity contribution >= 4 is 12.4 Å². The predicted octanol–water partition coefficient (Wildman–Crippen LogP) is 3.55. The molecule has 2 nitrogen and oxygen atoms in total. The number of hydrogen-bond donors (Lipinski definition) is 1. The lowest BCUT2D eigenvalue weighted by molar-refractivity contribution is 0.0768. The lowest BCUT2D eigenvalue weighted by Gasteiger charge is -2.43. The third kappa shape index (κ3) is 3.19. The van der Waals surface area contributed by atoms with E-state index in [1.165, 1.54) is 0 Å². The van der Waals surface area contributed by atoms with Crippen LogP contribution in [-0.2, 0) is 0 Å². The van der Waals surface area contributed by atoms with Gasteiger partial charge in [0.25, 0.3) is 0 Å². The lowest BCUT2D eigenvalue weighted by atomic mass is 9.76. The molecule has 2 fully saturated rings. The van der Waals surface area contributed by atoms with Crippen LogP contribution in [0.15, 0.2) is 0 Å². The van der Waals surface area contributed by atoms with Crippen molar-refractivity contribution in [1.29, 1.82) is 0 Å². The van der Waals surface area contributed by atoms with Crippen LogP contribution in [0.2, 0.25) is 0 Å². The van der Waals surface area contributed by atoms with Gasteiger partial charge in [-0.25, -0.2) is 22.0 Å². The number of nitrogens with one attached hydrogen (secondary N) is 1. The second-order valence-corrected chi connectivity index (χ2v) is 5.91. The molecule has 0 amide bonds. The number of benzene rings is 1. The quantitative estimate of drug-likeness (QED) is 0.506. The van der Waals surface area contributed by atoms with E-state index in [4.69, 9.17) is 0 Å². The molecule has 0 radical (unpaired) electrons. The summed E-state index contributed by atoms with van der Waals surface area (Å²) in [4.78, 5) is 1.83. The fraction of sp³-hybridized carbons (Fsp3) is 0.600. The zero-order chi connectivity index (χ0) is 15.9. The minimum Gasteiger partial charge on any atom is -0.314 e. The molecule has 1 N–H and O–H groups in total. The third-order valence-corrected chi connectivity index (χ3v) is 4.68. The molecular weight excluding hydrogens is 339 g/mol. The van der Waals surface area contributed by atoms with E-state index < -0.39 is 40.7 Å². The first kappa shape index (κ1) is 18.4. The van der Waals surface area contributed by atoms with Crippen LogP contribution in [0.1, 0.15) is 30.9 Å². The molecule has 1 aliphatic carbocycles. The minimum absolute atomic E-state index is 0. The van der Waals surface area contributed by atoms with Crippen molar-refractivity contribution in [3.8, 4) is 0 Å². The Hall–Kier alpha value is -0.920. The Bertz CT molecular complexity index is 544. The third-order valence-electron chi connectivity index (χ3n) is 4.68. The number of nitrogens with zero attached hydrogens (tertiary/aromatic N) is 1. The average Bonchev–Trinajstić information content (AvgIpc) is 2.49. The summed E-state index contributed by atoms with van der Waals surface area (Å²) >= 11 is 0. The van der Waals surface area contributed by atoms with Gasteiger partial charge in [-0.15, -0.1) is 12.4 Å². The van der Waals surface area contributed by atoms with E-state index in [2.05, 4.69) is 5.32 Å². The molecule has 1 aromatic carbocycles. The fourth-order valence-electron chi connectivity index (χ4n) is 3.31.